The first-order chi connectivity index (χ1) is 7.93. The van der Waals surface area contributed by atoms with Crippen LogP contribution in [-0.4, -0.2) is 29.7 Å². The molecule has 1 aromatic rings. The van der Waals surface area contributed by atoms with Crippen molar-refractivity contribution in [3.63, 3.8) is 0 Å². The van der Waals surface area contributed by atoms with E-state index in [1.807, 2.05) is 0 Å². The summed E-state index contributed by atoms with van der Waals surface area (Å²) in [5.74, 6) is 0. The summed E-state index contributed by atoms with van der Waals surface area (Å²) in [5, 5.41) is 20.2. The molecule has 0 aliphatic carbocycles. The van der Waals surface area contributed by atoms with E-state index >= 15 is 0 Å². The number of halogens is 1. The number of aliphatic hydroxyl groups excluding tert-OH is 1. The van der Waals surface area contributed by atoms with Crippen molar-refractivity contribution in [2.45, 2.75) is 19.4 Å². The molecule has 0 saturated carbocycles. The van der Waals surface area contributed by atoms with Gasteiger partial charge in [0.25, 0.3) is 0 Å². The first-order valence-electron chi connectivity index (χ1n) is 5.25. The molecule has 1 rings (SSSR count). The summed E-state index contributed by atoms with van der Waals surface area (Å²) in [6, 6.07) is 4.81. The highest BCUT2D eigenvalue weighted by molar-refractivity contribution is 6.33. The van der Waals surface area contributed by atoms with E-state index in [4.69, 9.17) is 11.6 Å². The van der Waals surface area contributed by atoms with E-state index in [9.17, 15) is 15.2 Å². The van der Waals surface area contributed by atoms with Gasteiger partial charge in [0.15, 0.2) is 0 Å². The zero-order valence-electron chi connectivity index (χ0n) is 9.76. The van der Waals surface area contributed by atoms with Crippen molar-refractivity contribution in [2.24, 2.45) is 0 Å². The molecule has 1 aromatic carbocycles. The third-order valence-electron chi connectivity index (χ3n) is 2.44. The van der Waals surface area contributed by atoms with Gasteiger partial charge < -0.3 is 10.0 Å². The Bertz CT molecular complexity index is 410. The van der Waals surface area contributed by atoms with Gasteiger partial charge >= 0.3 is 5.69 Å². The Hall–Kier alpha value is -1.33. The van der Waals surface area contributed by atoms with Gasteiger partial charge in [-0.25, -0.2) is 0 Å². The molecule has 94 valence electrons. The summed E-state index contributed by atoms with van der Waals surface area (Å²) >= 11 is 5.81. The maximum Gasteiger partial charge on any atom is 0.310 e. The SMILES string of the molecule is CC(O)CCN(C)c1cccc(Cl)c1[N+](=O)[O-]. The lowest BCUT2D eigenvalue weighted by Crippen LogP contribution is -2.22. The van der Waals surface area contributed by atoms with Crippen molar-refractivity contribution in [2.75, 3.05) is 18.5 Å². The molecule has 1 N–H and O–H groups in total. The van der Waals surface area contributed by atoms with Gasteiger partial charge in [-0.1, -0.05) is 17.7 Å². The monoisotopic (exact) mass is 258 g/mol. The maximum atomic E-state index is 10.9. The average Bonchev–Trinajstić information content (AvgIpc) is 2.24. The molecule has 0 bridgehead atoms. The van der Waals surface area contributed by atoms with Gasteiger partial charge in [0.05, 0.1) is 11.0 Å². The third-order valence-corrected chi connectivity index (χ3v) is 2.75. The van der Waals surface area contributed by atoms with Crippen LogP contribution >= 0.6 is 11.6 Å². The summed E-state index contributed by atoms with van der Waals surface area (Å²) in [5.41, 5.74) is 0.366. The minimum absolute atomic E-state index is 0.0951. The Morgan fingerprint density at radius 2 is 2.24 bits per heavy atom. The fourth-order valence-corrected chi connectivity index (χ4v) is 1.73. The number of aliphatic hydroxyl groups is 1. The predicted octanol–water partition coefficient (Wildman–Crippen LogP) is 2.46. The molecule has 1 atom stereocenters. The lowest BCUT2D eigenvalue weighted by atomic mass is 10.2. The molecule has 0 amide bonds. The van der Waals surface area contributed by atoms with Gasteiger partial charge in [-0.15, -0.1) is 0 Å². The Labute approximate surface area is 105 Å². The number of nitro benzene ring substituents is 1. The molecular formula is C11H15ClN2O3. The number of nitrogens with zero attached hydrogens (tertiary/aromatic N) is 2. The van der Waals surface area contributed by atoms with E-state index in [0.29, 0.717) is 18.7 Å². The summed E-state index contributed by atoms with van der Waals surface area (Å²) in [6.45, 7) is 2.21. The second-order valence-electron chi connectivity index (χ2n) is 3.92. The average molecular weight is 259 g/mol. The van der Waals surface area contributed by atoms with Crippen LogP contribution in [0, 0.1) is 10.1 Å². The van der Waals surface area contributed by atoms with E-state index < -0.39 is 11.0 Å². The Morgan fingerprint density at radius 1 is 1.59 bits per heavy atom. The molecule has 0 fully saturated rings. The van der Waals surface area contributed by atoms with Crippen LogP contribution in [0.3, 0.4) is 0 Å². The second kappa shape index (κ2) is 5.84. The summed E-state index contributed by atoms with van der Waals surface area (Å²) in [6.07, 6.45) is 0.107. The highest BCUT2D eigenvalue weighted by Gasteiger charge is 2.20. The van der Waals surface area contributed by atoms with E-state index in [2.05, 4.69) is 0 Å². The van der Waals surface area contributed by atoms with E-state index in [0.717, 1.165) is 0 Å². The van der Waals surface area contributed by atoms with Crippen LogP contribution in [0.4, 0.5) is 11.4 Å². The highest BCUT2D eigenvalue weighted by atomic mass is 35.5. The Morgan fingerprint density at radius 3 is 2.76 bits per heavy atom. The van der Waals surface area contributed by atoms with E-state index in [1.54, 1.807) is 31.0 Å². The molecule has 0 radical (unpaired) electrons. The van der Waals surface area contributed by atoms with Gasteiger partial charge in [0.1, 0.15) is 10.7 Å². The zero-order valence-corrected chi connectivity index (χ0v) is 10.5. The van der Waals surface area contributed by atoms with Gasteiger partial charge in [0.2, 0.25) is 0 Å². The van der Waals surface area contributed by atoms with Crippen LogP contribution in [0.2, 0.25) is 5.02 Å². The van der Waals surface area contributed by atoms with Crippen molar-refractivity contribution in [3.8, 4) is 0 Å². The molecular weight excluding hydrogens is 244 g/mol. The van der Waals surface area contributed by atoms with Crippen molar-refractivity contribution in [1.82, 2.24) is 0 Å². The molecule has 0 heterocycles. The van der Waals surface area contributed by atoms with Crippen LogP contribution in [0.5, 0.6) is 0 Å². The molecule has 0 aromatic heterocycles. The molecule has 0 aliphatic rings. The van der Waals surface area contributed by atoms with Crippen LogP contribution in [-0.2, 0) is 0 Å². The number of benzene rings is 1. The standard InChI is InChI=1S/C11H15ClN2O3/c1-8(15)6-7-13(2)10-5-3-4-9(12)11(10)14(16)17/h3-5,8,15H,6-7H2,1-2H3. The zero-order chi connectivity index (χ0) is 13.0. The van der Waals surface area contributed by atoms with Crippen molar-refractivity contribution in [1.29, 1.82) is 0 Å². The normalized spacial score (nSPS) is 12.2. The van der Waals surface area contributed by atoms with E-state index in [1.165, 1.54) is 6.07 Å². The fourth-order valence-electron chi connectivity index (χ4n) is 1.49. The fraction of sp³-hybridized carbons (Fsp3) is 0.455. The summed E-state index contributed by atoms with van der Waals surface area (Å²) in [7, 11) is 1.74. The van der Waals surface area contributed by atoms with Gasteiger partial charge in [-0.3, -0.25) is 10.1 Å². The lowest BCUT2D eigenvalue weighted by molar-refractivity contribution is -0.384. The summed E-state index contributed by atoms with van der Waals surface area (Å²) < 4.78 is 0. The van der Waals surface area contributed by atoms with E-state index in [-0.39, 0.29) is 10.7 Å². The van der Waals surface area contributed by atoms with Crippen molar-refractivity contribution >= 4 is 23.0 Å². The van der Waals surface area contributed by atoms with Crippen LogP contribution < -0.4 is 4.90 Å². The number of anilines is 1. The number of rotatable bonds is 5. The Kier molecular flexibility index (Phi) is 4.72. The number of hydrogen-bond acceptors (Lipinski definition) is 4. The topological polar surface area (TPSA) is 66.6 Å². The maximum absolute atomic E-state index is 10.9. The minimum atomic E-state index is -0.490. The first-order valence-corrected chi connectivity index (χ1v) is 5.63. The van der Waals surface area contributed by atoms with Crippen molar-refractivity contribution in [3.05, 3.63) is 33.3 Å². The molecule has 6 heteroatoms. The molecule has 17 heavy (non-hydrogen) atoms. The molecule has 1 unspecified atom stereocenters. The number of nitro groups is 1. The smallest absolute Gasteiger partial charge is 0.310 e. The van der Waals surface area contributed by atoms with Gasteiger partial charge in [-0.2, -0.15) is 0 Å². The lowest BCUT2D eigenvalue weighted by Gasteiger charge is -2.20. The minimum Gasteiger partial charge on any atom is -0.393 e. The molecule has 0 spiro atoms. The quantitative estimate of drug-likeness (QED) is 0.651. The third kappa shape index (κ3) is 3.57. The predicted molar refractivity (Wildman–Crippen MR) is 67.7 cm³/mol. The molecule has 0 aliphatic heterocycles. The molecule has 0 saturated heterocycles. The second-order valence-corrected chi connectivity index (χ2v) is 4.33. The van der Waals surface area contributed by atoms with Crippen LogP contribution in [0.25, 0.3) is 0 Å². The highest BCUT2D eigenvalue weighted by Crippen LogP contribution is 2.34. The van der Waals surface area contributed by atoms with Crippen LogP contribution in [0.1, 0.15) is 13.3 Å². The summed E-state index contributed by atoms with van der Waals surface area (Å²) in [4.78, 5) is 12.2. The number of para-hydroxylation sites is 1. The van der Waals surface area contributed by atoms with Gasteiger partial charge in [0, 0.05) is 13.6 Å². The van der Waals surface area contributed by atoms with Crippen LogP contribution in [0.15, 0.2) is 18.2 Å². The van der Waals surface area contributed by atoms with Crippen molar-refractivity contribution < 1.29 is 10.0 Å². The van der Waals surface area contributed by atoms with Gasteiger partial charge in [-0.05, 0) is 25.5 Å². The largest absolute Gasteiger partial charge is 0.393 e. The number of hydrogen-bond donors (Lipinski definition) is 1. The first kappa shape index (κ1) is 13.7. The molecule has 5 nitrogen and oxygen atoms in total. The Balaban J connectivity index is 2.96.